The van der Waals surface area contributed by atoms with E-state index in [-0.39, 0.29) is 34.9 Å². The lowest BCUT2D eigenvalue weighted by molar-refractivity contribution is -0.0884. The summed E-state index contributed by atoms with van der Waals surface area (Å²) in [6.07, 6.45) is 7.32. The minimum Gasteiger partial charge on any atom is -0.383 e. The van der Waals surface area contributed by atoms with Crippen molar-refractivity contribution < 1.29 is 23.1 Å². The van der Waals surface area contributed by atoms with Crippen LogP contribution in [-0.4, -0.2) is 53.9 Å². The second-order valence-electron chi connectivity index (χ2n) is 10.9. The molecule has 3 atom stereocenters. The van der Waals surface area contributed by atoms with E-state index in [1.165, 1.54) is 19.1 Å². The van der Waals surface area contributed by atoms with Gasteiger partial charge in [0, 0.05) is 34.8 Å². The molecular formula is C33H42F3N7O2. The number of nitrogens with two attached hydrogens (primary N) is 1. The van der Waals surface area contributed by atoms with Gasteiger partial charge in [-0.1, -0.05) is 50.1 Å². The van der Waals surface area contributed by atoms with Gasteiger partial charge in [-0.15, -0.1) is 0 Å². The SMILES string of the molecule is C=N/C(=C\C(=C/C)C(F)(F)F)NC(=O)c1ccc(C(=N)c2c(N)ncc(/C=C/CCC)c2N[C@@H]2CCCC(C(O)NC)C2)cc1. The summed E-state index contributed by atoms with van der Waals surface area (Å²) in [6.45, 7) is 6.57. The summed E-state index contributed by atoms with van der Waals surface area (Å²) in [5.41, 5.74) is 7.95. The number of hydrogen-bond donors (Lipinski definition) is 6. The minimum atomic E-state index is -4.61. The van der Waals surface area contributed by atoms with Crippen LogP contribution in [0.4, 0.5) is 24.7 Å². The first kappa shape index (κ1) is 35.2. The topological polar surface area (TPSA) is 149 Å². The van der Waals surface area contributed by atoms with Crippen molar-refractivity contribution in [2.75, 3.05) is 18.1 Å². The number of carbonyl (C=O) groups is 1. The van der Waals surface area contributed by atoms with Crippen LogP contribution < -0.4 is 21.7 Å². The van der Waals surface area contributed by atoms with Crippen molar-refractivity contribution in [1.29, 1.82) is 5.41 Å². The number of nitrogens with zero attached hydrogens (tertiary/aromatic N) is 2. The lowest BCUT2D eigenvalue weighted by Gasteiger charge is -2.34. The number of hydrogen-bond acceptors (Lipinski definition) is 8. The Morgan fingerprint density at radius 1 is 1.27 bits per heavy atom. The standard InChI is InChI=1S/C33H42F3N7O2/c1-5-7-8-10-23-19-41-30(38)27(29(23)42-25-12-9-11-22(17-25)31(44)40-4)28(37)20-13-15-21(16-14-20)32(45)43-26(39-3)18-24(6-2)33(34,35)36/h6,8,10,13-16,18-19,22,25,31,37,40,44H,3,5,7,9,11-12,17H2,1-2,4H3,(H,43,45)(H3,38,41,42)/b10-8+,24-6+,26-18+,37-28?/t22?,25-,31?/m1/s1. The summed E-state index contributed by atoms with van der Waals surface area (Å²) < 4.78 is 39.5. The van der Waals surface area contributed by atoms with E-state index in [9.17, 15) is 23.1 Å². The molecule has 12 heteroatoms. The van der Waals surface area contributed by atoms with Gasteiger partial charge < -0.3 is 21.5 Å². The second-order valence-corrected chi connectivity index (χ2v) is 10.9. The van der Waals surface area contributed by atoms with Gasteiger partial charge in [-0.3, -0.25) is 15.5 Å². The van der Waals surface area contributed by atoms with E-state index in [1.54, 1.807) is 25.4 Å². The number of unbranched alkanes of at least 4 members (excludes halogenated alkanes) is 1. The second kappa shape index (κ2) is 16.1. The zero-order chi connectivity index (χ0) is 33.1. The highest BCUT2D eigenvalue weighted by Crippen LogP contribution is 2.34. The number of aliphatic hydroxyl groups is 1. The molecule has 0 aliphatic heterocycles. The number of aliphatic hydroxyl groups excluding tert-OH is 1. The zero-order valence-corrected chi connectivity index (χ0v) is 25.8. The van der Waals surface area contributed by atoms with Crippen molar-refractivity contribution in [3.8, 4) is 0 Å². The van der Waals surface area contributed by atoms with Crippen LogP contribution in [0.5, 0.6) is 0 Å². The highest BCUT2D eigenvalue weighted by molar-refractivity contribution is 6.17. The molecule has 1 saturated carbocycles. The van der Waals surface area contributed by atoms with Gasteiger partial charge in [0.15, 0.2) is 0 Å². The zero-order valence-electron chi connectivity index (χ0n) is 25.8. The summed E-state index contributed by atoms with van der Waals surface area (Å²) in [4.78, 5) is 20.7. The molecule has 3 rings (SSSR count). The molecular weight excluding hydrogens is 583 g/mol. The molecule has 9 nitrogen and oxygen atoms in total. The number of amides is 1. The Labute approximate surface area is 262 Å². The molecule has 2 unspecified atom stereocenters. The maximum absolute atomic E-state index is 13.2. The van der Waals surface area contributed by atoms with E-state index in [2.05, 4.69) is 39.6 Å². The molecule has 242 valence electrons. The molecule has 1 amide bonds. The van der Waals surface area contributed by atoms with Gasteiger partial charge in [0.1, 0.15) is 17.9 Å². The van der Waals surface area contributed by atoms with Crippen LogP contribution in [0.3, 0.4) is 0 Å². The van der Waals surface area contributed by atoms with Crippen LogP contribution in [0.2, 0.25) is 0 Å². The fraction of sp³-hybridized carbons (Fsp3) is 0.394. The van der Waals surface area contributed by atoms with Crippen molar-refractivity contribution in [1.82, 2.24) is 15.6 Å². The van der Waals surface area contributed by atoms with Gasteiger partial charge in [0.25, 0.3) is 5.91 Å². The monoisotopic (exact) mass is 625 g/mol. The van der Waals surface area contributed by atoms with E-state index < -0.39 is 23.9 Å². The fourth-order valence-corrected chi connectivity index (χ4v) is 5.26. The smallest absolute Gasteiger partial charge is 0.383 e. The third-order valence-electron chi connectivity index (χ3n) is 7.72. The first-order valence-electron chi connectivity index (χ1n) is 14.9. The molecule has 0 saturated heterocycles. The largest absolute Gasteiger partial charge is 0.416 e. The van der Waals surface area contributed by atoms with Crippen LogP contribution in [0, 0.1) is 11.3 Å². The first-order chi connectivity index (χ1) is 21.4. The predicted molar refractivity (Wildman–Crippen MR) is 174 cm³/mol. The summed E-state index contributed by atoms with van der Waals surface area (Å²) >= 11 is 0. The molecule has 1 aromatic heterocycles. The van der Waals surface area contributed by atoms with E-state index in [0.29, 0.717) is 22.9 Å². The van der Waals surface area contributed by atoms with Gasteiger partial charge >= 0.3 is 6.18 Å². The normalized spacial score (nSPS) is 18.5. The van der Waals surface area contributed by atoms with E-state index in [1.807, 2.05) is 12.2 Å². The number of aromatic nitrogens is 1. The number of halogens is 3. The number of benzene rings is 1. The van der Waals surface area contributed by atoms with E-state index in [0.717, 1.165) is 50.2 Å². The minimum absolute atomic E-state index is 0.0330. The molecule has 0 bridgehead atoms. The van der Waals surface area contributed by atoms with Gasteiger partial charge in [-0.2, -0.15) is 13.2 Å². The lowest BCUT2D eigenvalue weighted by atomic mass is 9.84. The molecule has 1 aliphatic rings. The van der Waals surface area contributed by atoms with Crippen molar-refractivity contribution in [2.45, 2.75) is 70.8 Å². The summed E-state index contributed by atoms with van der Waals surface area (Å²) in [7, 11) is 1.73. The molecule has 0 spiro atoms. The Morgan fingerprint density at radius 2 is 1.96 bits per heavy atom. The van der Waals surface area contributed by atoms with Crippen molar-refractivity contribution in [2.24, 2.45) is 10.9 Å². The van der Waals surface area contributed by atoms with Crippen molar-refractivity contribution in [3.63, 3.8) is 0 Å². The van der Waals surface area contributed by atoms with Gasteiger partial charge in [-0.05, 0) is 64.6 Å². The van der Waals surface area contributed by atoms with E-state index >= 15 is 0 Å². The molecule has 2 aromatic rings. The van der Waals surface area contributed by atoms with Crippen LogP contribution in [-0.2, 0) is 0 Å². The van der Waals surface area contributed by atoms with E-state index in [4.69, 9.17) is 11.1 Å². The maximum Gasteiger partial charge on any atom is 0.416 e. The quantitative estimate of drug-likeness (QED) is 0.0890. The highest BCUT2D eigenvalue weighted by atomic mass is 19.4. The number of pyridine rings is 1. The van der Waals surface area contributed by atoms with Crippen LogP contribution in [0.1, 0.15) is 79.4 Å². The van der Waals surface area contributed by atoms with Crippen LogP contribution in [0.15, 0.2) is 65.1 Å². The lowest BCUT2D eigenvalue weighted by Crippen LogP contribution is -2.39. The number of rotatable bonds is 13. The Bertz CT molecular complexity index is 1450. The average molecular weight is 626 g/mol. The van der Waals surface area contributed by atoms with Gasteiger partial charge in [0.2, 0.25) is 0 Å². The average Bonchev–Trinajstić information content (AvgIpc) is 3.03. The number of aliphatic imine (C=N–C) groups is 1. The first-order valence-corrected chi connectivity index (χ1v) is 14.9. The fourth-order valence-electron chi connectivity index (χ4n) is 5.26. The van der Waals surface area contributed by atoms with Crippen molar-refractivity contribution >= 4 is 35.9 Å². The summed E-state index contributed by atoms with van der Waals surface area (Å²) in [6, 6.07) is 6.10. The highest BCUT2D eigenvalue weighted by Gasteiger charge is 2.32. The van der Waals surface area contributed by atoms with Gasteiger partial charge in [-0.25, -0.2) is 9.98 Å². The third kappa shape index (κ3) is 9.35. The number of allylic oxidation sites excluding steroid dienone is 4. The maximum atomic E-state index is 13.2. The van der Waals surface area contributed by atoms with Crippen LogP contribution >= 0.6 is 0 Å². The van der Waals surface area contributed by atoms with Gasteiger partial charge in [0.05, 0.1) is 22.5 Å². The molecule has 7 N–H and O–H groups in total. The summed E-state index contributed by atoms with van der Waals surface area (Å²) in [5.74, 6) is -0.801. The molecule has 45 heavy (non-hydrogen) atoms. The Kier molecular flexibility index (Phi) is 12.6. The third-order valence-corrected chi connectivity index (χ3v) is 7.72. The molecule has 1 aliphatic carbocycles. The molecule has 1 heterocycles. The molecule has 1 aromatic carbocycles. The number of alkyl halides is 3. The Hall–Kier alpha value is -4.29. The Balaban J connectivity index is 1.92. The molecule has 0 radical (unpaired) electrons. The Morgan fingerprint density at radius 3 is 2.56 bits per heavy atom. The number of carbonyl (C=O) groups excluding carboxylic acids is 1. The van der Waals surface area contributed by atoms with Crippen molar-refractivity contribution in [3.05, 3.63) is 82.3 Å². The molecule has 1 fully saturated rings. The van der Waals surface area contributed by atoms with Crippen LogP contribution in [0.25, 0.3) is 6.08 Å². The number of anilines is 2. The summed E-state index contributed by atoms with van der Waals surface area (Å²) in [5, 5.41) is 28.4. The predicted octanol–water partition coefficient (Wildman–Crippen LogP) is 6.18. The number of nitrogens with one attached hydrogen (secondary N) is 4. The number of nitrogen functional groups attached to an aromatic ring is 1.